The van der Waals surface area contributed by atoms with E-state index in [0.29, 0.717) is 17.9 Å². The number of amides is 1. The van der Waals surface area contributed by atoms with Gasteiger partial charge in [-0.15, -0.1) is 0 Å². The van der Waals surface area contributed by atoms with Gasteiger partial charge in [-0.25, -0.2) is 0 Å². The Labute approximate surface area is 165 Å². The van der Waals surface area contributed by atoms with E-state index in [1.54, 1.807) is 18.4 Å². The summed E-state index contributed by atoms with van der Waals surface area (Å²) in [5.41, 5.74) is 2.82. The molecule has 2 aliphatic rings. The van der Waals surface area contributed by atoms with Crippen molar-refractivity contribution in [2.45, 2.75) is 44.7 Å². The molecular weight excluding hydrogens is 356 g/mol. The average molecular weight is 385 g/mol. The van der Waals surface area contributed by atoms with Crippen molar-refractivity contribution in [3.63, 3.8) is 0 Å². The quantitative estimate of drug-likeness (QED) is 0.788. The fourth-order valence-electron chi connectivity index (χ4n) is 4.37. The molecule has 1 N–H and O–H groups in total. The van der Waals surface area contributed by atoms with Gasteiger partial charge in [0, 0.05) is 19.0 Å². The fraction of sp³-hybridized carbons (Fsp3) is 0.500. The van der Waals surface area contributed by atoms with Crippen molar-refractivity contribution in [2.24, 2.45) is 5.41 Å². The van der Waals surface area contributed by atoms with Crippen molar-refractivity contribution < 1.29 is 9.53 Å². The highest BCUT2D eigenvalue weighted by atomic mass is 32.1. The molecule has 1 spiro atoms. The molecule has 1 amide bonds. The summed E-state index contributed by atoms with van der Waals surface area (Å²) in [6.07, 6.45) is 4.92. The average Bonchev–Trinajstić information content (AvgIpc) is 3.14. The van der Waals surface area contributed by atoms with Gasteiger partial charge in [-0.3, -0.25) is 4.79 Å². The van der Waals surface area contributed by atoms with Crippen molar-refractivity contribution in [3.8, 4) is 5.75 Å². The second-order valence-corrected chi connectivity index (χ2v) is 8.61. The van der Waals surface area contributed by atoms with Crippen LogP contribution in [-0.2, 0) is 17.8 Å². The van der Waals surface area contributed by atoms with Gasteiger partial charge in [0.15, 0.2) is 0 Å². The number of carbonyl (C=O) groups is 1. The van der Waals surface area contributed by atoms with E-state index in [9.17, 15) is 4.79 Å². The van der Waals surface area contributed by atoms with Crippen molar-refractivity contribution in [3.05, 3.63) is 52.2 Å². The Morgan fingerprint density at radius 1 is 1.22 bits per heavy atom. The van der Waals surface area contributed by atoms with Crippen LogP contribution in [0.3, 0.4) is 0 Å². The van der Waals surface area contributed by atoms with Crippen LogP contribution in [-0.4, -0.2) is 37.0 Å². The standard InChI is InChI=1S/C22H28N2O2S/c1-26-19-5-2-17(3-6-19)4-7-21(25)24(15-18-8-13-27-16-18)20-14-22(20)9-11-23-12-10-22/h2-3,5-6,8,13,16,20,23H,4,7,9-12,14-15H2,1H3. The third kappa shape index (κ3) is 4.19. The third-order valence-electron chi connectivity index (χ3n) is 6.16. The van der Waals surface area contributed by atoms with Gasteiger partial charge in [0.1, 0.15) is 5.75 Å². The first-order chi connectivity index (χ1) is 13.2. The zero-order valence-corrected chi connectivity index (χ0v) is 16.8. The van der Waals surface area contributed by atoms with E-state index in [1.807, 2.05) is 12.1 Å². The van der Waals surface area contributed by atoms with Crippen LogP contribution in [0.15, 0.2) is 41.1 Å². The van der Waals surface area contributed by atoms with E-state index in [0.717, 1.165) is 31.8 Å². The lowest BCUT2D eigenvalue weighted by Gasteiger charge is -2.29. The number of methoxy groups -OCH3 is 1. The Morgan fingerprint density at radius 3 is 2.67 bits per heavy atom. The minimum Gasteiger partial charge on any atom is -0.497 e. The third-order valence-corrected chi connectivity index (χ3v) is 6.89. The number of nitrogens with zero attached hydrogens (tertiary/aromatic N) is 1. The van der Waals surface area contributed by atoms with Crippen LogP contribution in [0.5, 0.6) is 5.75 Å². The molecule has 1 atom stereocenters. The molecule has 2 fully saturated rings. The summed E-state index contributed by atoms with van der Waals surface area (Å²) in [7, 11) is 1.67. The van der Waals surface area contributed by atoms with Gasteiger partial charge in [-0.05, 0) is 84.3 Å². The molecule has 0 radical (unpaired) electrons. The fourth-order valence-corrected chi connectivity index (χ4v) is 5.03. The SMILES string of the molecule is COc1ccc(CCC(=O)N(Cc2ccsc2)C2CC23CCNCC3)cc1. The van der Waals surface area contributed by atoms with E-state index in [-0.39, 0.29) is 5.91 Å². The molecule has 5 heteroatoms. The number of piperidine rings is 1. The summed E-state index contributed by atoms with van der Waals surface area (Å²) >= 11 is 1.71. The largest absolute Gasteiger partial charge is 0.497 e. The molecule has 1 saturated carbocycles. The Bertz CT molecular complexity index is 751. The predicted octanol–water partition coefficient (Wildman–Crippen LogP) is 3.86. The highest BCUT2D eigenvalue weighted by Gasteiger charge is 2.57. The van der Waals surface area contributed by atoms with E-state index in [1.165, 1.54) is 30.4 Å². The van der Waals surface area contributed by atoms with Crippen LogP contribution in [0.2, 0.25) is 0 Å². The van der Waals surface area contributed by atoms with Crippen molar-refractivity contribution in [2.75, 3.05) is 20.2 Å². The summed E-state index contributed by atoms with van der Waals surface area (Å²) in [6.45, 7) is 2.93. The topological polar surface area (TPSA) is 41.6 Å². The van der Waals surface area contributed by atoms with Crippen molar-refractivity contribution in [1.29, 1.82) is 0 Å². The number of nitrogens with one attached hydrogen (secondary N) is 1. The number of hydrogen-bond donors (Lipinski definition) is 1. The zero-order chi connectivity index (χ0) is 18.7. The Morgan fingerprint density at radius 2 is 2.00 bits per heavy atom. The molecule has 27 heavy (non-hydrogen) atoms. The van der Waals surface area contributed by atoms with E-state index >= 15 is 0 Å². The number of carbonyl (C=O) groups excluding carboxylic acids is 1. The molecular formula is C22H28N2O2S. The first-order valence-corrected chi connectivity index (χ1v) is 10.8. The molecule has 2 aromatic rings. The number of rotatable bonds is 7. The maximum absolute atomic E-state index is 13.2. The second-order valence-electron chi connectivity index (χ2n) is 7.83. The molecule has 1 saturated heterocycles. The smallest absolute Gasteiger partial charge is 0.223 e. The number of thiophene rings is 1. The predicted molar refractivity (Wildman–Crippen MR) is 109 cm³/mol. The minimum absolute atomic E-state index is 0.289. The zero-order valence-electron chi connectivity index (χ0n) is 15.9. The minimum atomic E-state index is 0.289. The Hall–Kier alpha value is -1.85. The van der Waals surface area contributed by atoms with Crippen LogP contribution in [0.1, 0.15) is 36.8 Å². The summed E-state index contributed by atoms with van der Waals surface area (Å²) in [4.78, 5) is 15.3. The molecule has 1 aromatic carbocycles. The van der Waals surface area contributed by atoms with Gasteiger partial charge in [-0.1, -0.05) is 12.1 Å². The Balaban J connectivity index is 1.42. The summed E-state index contributed by atoms with van der Waals surface area (Å²) in [5.74, 6) is 1.15. The lowest BCUT2D eigenvalue weighted by Crippen LogP contribution is -2.39. The molecule has 144 valence electrons. The second kappa shape index (κ2) is 8.03. The van der Waals surface area contributed by atoms with Gasteiger partial charge in [0.2, 0.25) is 5.91 Å². The van der Waals surface area contributed by atoms with E-state index in [4.69, 9.17) is 4.74 Å². The summed E-state index contributed by atoms with van der Waals surface area (Å²) in [6, 6.07) is 10.6. The Kier molecular flexibility index (Phi) is 5.50. The summed E-state index contributed by atoms with van der Waals surface area (Å²) in [5, 5.41) is 7.73. The lowest BCUT2D eigenvalue weighted by atomic mass is 9.93. The molecule has 1 unspecified atom stereocenters. The molecule has 4 nitrogen and oxygen atoms in total. The van der Waals surface area contributed by atoms with Crippen molar-refractivity contribution >= 4 is 17.2 Å². The van der Waals surface area contributed by atoms with Crippen LogP contribution < -0.4 is 10.1 Å². The van der Waals surface area contributed by atoms with Crippen LogP contribution in [0.25, 0.3) is 0 Å². The van der Waals surface area contributed by atoms with Gasteiger partial charge in [0.05, 0.1) is 7.11 Å². The molecule has 1 aromatic heterocycles. The van der Waals surface area contributed by atoms with Gasteiger partial charge >= 0.3 is 0 Å². The molecule has 1 aliphatic carbocycles. The lowest BCUT2D eigenvalue weighted by molar-refractivity contribution is -0.133. The van der Waals surface area contributed by atoms with Crippen LogP contribution >= 0.6 is 11.3 Å². The highest BCUT2D eigenvalue weighted by Crippen LogP contribution is 2.56. The molecule has 1 aliphatic heterocycles. The number of aryl methyl sites for hydroxylation is 1. The van der Waals surface area contributed by atoms with Crippen molar-refractivity contribution in [1.82, 2.24) is 10.2 Å². The summed E-state index contributed by atoms with van der Waals surface area (Å²) < 4.78 is 5.22. The van der Waals surface area contributed by atoms with Gasteiger partial charge in [0.25, 0.3) is 0 Å². The molecule has 2 heterocycles. The number of benzene rings is 1. The maximum atomic E-state index is 13.2. The molecule has 0 bridgehead atoms. The van der Waals surface area contributed by atoms with E-state index in [2.05, 4.69) is 39.2 Å². The number of hydrogen-bond acceptors (Lipinski definition) is 4. The van der Waals surface area contributed by atoms with Crippen LogP contribution in [0.4, 0.5) is 0 Å². The highest BCUT2D eigenvalue weighted by molar-refractivity contribution is 7.07. The van der Waals surface area contributed by atoms with E-state index < -0.39 is 0 Å². The monoisotopic (exact) mass is 384 g/mol. The van der Waals surface area contributed by atoms with Crippen LogP contribution in [0, 0.1) is 5.41 Å². The normalized spacial score (nSPS) is 20.4. The first-order valence-electron chi connectivity index (χ1n) is 9.84. The number of ether oxygens (including phenoxy) is 1. The molecule has 4 rings (SSSR count). The first kappa shape index (κ1) is 18.5. The maximum Gasteiger partial charge on any atom is 0.223 e. The van der Waals surface area contributed by atoms with Gasteiger partial charge in [-0.2, -0.15) is 11.3 Å². The van der Waals surface area contributed by atoms with Gasteiger partial charge < -0.3 is 15.0 Å².